The topological polar surface area (TPSA) is 26.3 Å². The number of carbonyl (C=O) groups excluding carboxylic acids is 1. The molecule has 1 saturated heterocycles. The molecule has 0 N–H and O–H groups in total. The van der Waals surface area contributed by atoms with Gasteiger partial charge in [-0.1, -0.05) is 0 Å². The van der Waals surface area contributed by atoms with Crippen molar-refractivity contribution in [3.8, 4) is 0 Å². The molecule has 1 aromatic carbocycles. The number of hydrogen-bond acceptors (Lipinski definition) is 2. The Labute approximate surface area is 127 Å². The van der Waals surface area contributed by atoms with Gasteiger partial charge in [-0.15, -0.1) is 0 Å². The van der Waals surface area contributed by atoms with Gasteiger partial charge in [-0.25, -0.2) is 0 Å². The van der Waals surface area contributed by atoms with Crippen LogP contribution in [0.1, 0.15) is 45.4 Å². The van der Waals surface area contributed by atoms with Crippen molar-refractivity contribution in [1.82, 2.24) is 0 Å². The van der Waals surface area contributed by atoms with Crippen molar-refractivity contribution in [2.45, 2.75) is 55.9 Å². The molecule has 0 unspecified atom stereocenters. The molecule has 3 rings (SSSR count). The van der Waals surface area contributed by atoms with E-state index in [2.05, 4.69) is 31.2 Å². The number of esters is 1. The Morgan fingerprint density at radius 2 is 1.90 bits per heavy atom. The van der Waals surface area contributed by atoms with E-state index >= 15 is 0 Å². The van der Waals surface area contributed by atoms with Crippen molar-refractivity contribution in [2.24, 2.45) is 5.92 Å². The zero-order valence-electron chi connectivity index (χ0n) is 12.0. The van der Waals surface area contributed by atoms with Crippen molar-refractivity contribution in [3.05, 3.63) is 30.3 Å². The van der Waals surface area contributed by atoms with E-state index < -0.39 is 0 Å². The molecule has 3 heteroatoms. The Morgan fingerprint density at radius 1 is 1.20 bits per heavy atom. The van der Waals surface area contributed by atoms with Gasteiger partial charge in [-0.05, 0) is 0 Å². The van der Waals surface area contributed by atoms with Gasteiger partial charge in [0, 0.05) is 0 Å². The number of carbonyl (C=O) groups is 1. The zero-order chi connectivity index (χ0) is 14.0. The van der Waals surface area contributed by atoms with Gasteiger partial charge in [0.25, 0.3) is 0 Å². The Kier molecular flexibility index (Phi) is 4.18. The molecule has 2 nitrogen and oxygen atoms in total. The second kappa shape index (κ2) is 5.91. The minimum atomic E-state index is -0.198. The summed E-state index contributed by atoms with van der Waals surface area (Å²) in [7, 11) is 0. The van der Waals surface area contributed by atoms with Gasteiger partial charge >= 0.3 is 127 Å². The van der Waals surface area contributed by atoms with E-state index in [-0.39, 0.29) is 31.3 Å². The van der Waals surface area contributed by atoms with Crippen LogP contribution in [0.25, 0.3) is 0 Å². The van der Waals surface area contributed by atoms with Gasteiger partial charge in [0.1, 0.15) is 0 Å². The van der Waals surface area contributed by atoms with Crippen LogP contribution in [0, 0.1) is 5.92 Å². The summed E-state index contributed by atoms with van der Waals surface area (Å²) >= 11 is 0.181. The van der Waals surface area contributed by atoms with Crippen molar-refractivity contribution in [2.75, 3.05) is 0 Å². The third kappa shape index (κ3) is 2.42. The first-order valence-corrected chi connectivity index (χ1v) is 9.43. The summed E-state index contributed by atoms with van der Waals surface area (Å²) in [6, 6.07) is 10.5. The molecule has 0 spiro atoms. The van der Waals surface area contributed by atoms with E-state index in [0.717, 1.165) is 6.42 Å². The van der Waals surface area contributed by atoms with Gasteiger partial charge < -0.3 is 0 Å². The predicted octanol–water partition coefficient (Wildman–Crippen LogP) is 3.09. The molecule has 20 heavy (non-hydrogen) atoms. The number of hydrogen-bond donors (Lipinski definition) is 0. The van der Waals surface area contributed by atoms with Crippen LogP contribution in [0.2, 0.25) is 4.31 Å². The van der Waals surface area contributed by atoms with Crippen molar-refractivity contribution >= 4 is 25.4 Å². The Morgan fingerprint density at radius 3 is 2.50 bits per heavy atom. The molecule has 0 bridgehead atoms. The monoisotopic (exact) mass is 338 g/mol. The van der Waals surface area contributed by atoms with Gasteiger partial charge in [0.2, 0.25) is 0 Å². The Hall–Kier alpha value is -0.791. The Balaban J connectivity index is 1.79. The van der Waals surface area contributed by atoms with Gasteiger partial charge in [-0.3, -0.25) is 0 Å². The molecule has 1 saturated carbocycles. The number of ether oxygens (including phenoxy) is 1. The fraction of sp³-hybridized carbons (Fsp3) is 0.588. The van der Waals surface area contributed by atoms with E-state index in [4.69, 9.17) is 4.74 Å². The van der Waals surface area contributed by atoms with E-state index in [1.807, 2.05) is 6.07 Å². The fourth-order valence-electron chi connectivity index (χ4n) is 3.50. The summed E-state index contributed by atoms with van der Waals surface area (Å²) in [5.74, 6) is 0.659. The molecule has 2 aliphatic rings. The molecular formula is C17H22O2Se. The minimum absolute atomic E-state index is 0.0550. The molecule has 0 amide bonds. The van der Waals surface area contributed by atoms with Gasteiger partial charge in [-0.2, -0.15) is 0 Å². The van der Waals surface area contributed by atoms with Crippen LogP contribution in [0.3, 0.4) is 0 Å². The molecule has 2 atom stereocenters. The summed E-state index contributed by atoms with van der Waals surface area (Å²) in [4.78, 5) is 12.2. The molecule has 1 aliphatic heterocycles. The predicted molar refractivity (Wildman–Crippen MR) is 81.3 cm³/mol. The molecule has 1 aromatic rings. The normalized spacial score (nSPS) is 30.6. The quantitative estimate of drug-likeness (QED) is 0.623. The third-order valence-electron chi connectivity index (χ3n) is 4.69. The maximum absolute atomic E-state index is 12.2. The molecule has 0 aromatic heterocycles. The molecule has 1 heterocycles. The number of rotatable bonds is 4. The van der Waals surface area contributed by atoms with Crippen LogP contribution >= 0.6 is 0 Å². The molecule has 0 radical (unpaired) electrons. The van der Waals surface area contributed by atoms with Gasteiger partial charge in [0.05, 0.1) is 0 Å². The maximum atomic E-state index is 12.2. The van der Waals surface area contributed by atoms with E-state index in [9.17, 15) is 4.79 Å². The van der Waals surface area contributed by atoms with Crippen LogP contribution in [0.5, 0.6) is 0 Å². The van der Waals surface area contributed by atoms with E-state index in [1.54, 1.807) is 0 Å². The number of cyclic esters (lactones) is 1. The van der Waals surface area contributed by atoms with Gasteiger partial charge in [0.15, 0.2) is 0 Å². The van der Waals surface area contributed by atoms with Crippen molar-refractivity contribution in [1.29, 1.82) is 0 Å². The number of benzene rings is 1. The summed E-state index contributed by atoms with van der Waals surface area (Å²) in [5.41, 5.74) is 0. The molecule has 2 fully saturated rings. The first-order valence-electron chi connectivity index (χ1n) is 7.71. The molecular weight excluding hydrogens is 315 g/mol. The second-order valence-corrected chi connectivity index (χ2v) is 8.83. The SMILES string of the molecule is CC[C@@]1([Se]c2ccccc2)C(=O)O[C@H]1C1CCCCC1. The average molecular weight is 337 g/mol. The van der Waals surface area contributed by atoms with Crippen LogP contribution in [0.15, 0.2) is 30.3 Å². The van der Waals surface area contributed by atoms with Crippen molar-refractivity contribution in [3.63, 3.8) is 0 Å². The summed E-state index contributed by atoms with van der Waals surface area (Å²) in [5, 5.41) is 0. The average Bonchev–Trinajstić information content (AvgIpc) is 2.52. The van der Waals surface area contributed by atoms with Crippen LogP contribution < -0.4 is 4.46 Å². The fourth-order valence-corrected chi connectivity index (χ4v) is 6.32. The first kappa shape index (κ1) is 14.2. The Bertz CT molecular complexity index is 467. The molecule has 1 aliphatic carbocycles. The third-order valence-corrected chi connectivity index (χ3v) is 7.96. The summed E-state index contributed by atoms with van der Waals surface area (Å²) < 4.78 is 6.76. The van der Waals surface area contributed by atoms with E-state index in [0.29, 0.717) is 5.92 Å². The zero-order valence-corrected chi connectivity index (χ0v) is 13.7. The van der Waals surface area contributed by atoms with Crippen LogP contribution in [-0.4, -0.2) is 27.0 Å². The summed E-state index contributed by atoms with van der Waals surface area (Å²) in [6.45, 7) is 2.15. The van der Waals surface area contributed by atoms with Crippen LogP contribution in [-0.2, 0) is 9.53 Å². The van der Waals surface area contributed by atoms with E-state index in [1.165, 1.54) is 36.6 Å². The standard InChI is InChI=1S/C17H22O2Se/c1-2-17(20-14-11-7-4-8-12-14)15(19-16(17)18)13-9-5-3-6-10-13/h4,7-8,11-13,15H,2-3,5-6,9-10H2,1H3/t15-,17-/m0/s1. The van der Waals surface area contributed by atoms with Crippen LogP contribution in [0.4, 0.5) is 0 Å². The first-order chi connectivity index (χ1) is 9.76. The summed E-state index contributed by atoms with van der Waals surface area (Å²) in [6.07, 6.45) is 7.53. The second-order valence-electron chi connectivity index (χ2n) is 5.88. The van der Waals surface area contributed by atoms with Crippen molar-refractivity contribution < 1.29 is 9.53 Å². The molecule has 108 valence electrons.